The van der Waals surface area contributed by atoms with Crippen LogP contribution in [0.5, 0.6) is 0 Å². The van der Waals surface area contributed by atoms with Gasteiger partial charge in [-0.1, -0.05) is 18.2 Å². The number of thioether (sulfide) groups is 1. The van der Waals surface area contributed by atoms with Crippen LogP contribution in [-0.4, -0.2) is 37.4 Å². The van der Waals surface area contributed by atoms with Crippen LogP contribution >= 0.6 is 11.8 Å². The Balaban J connectivity index is 2.52. The van der Waals surface area contributed by atoms with E-state index in [-0.39, 0.29) is 11.1 Å². The van der Waals surface area contributed by atoms with Gasteiger partial charge in [0.15, 0.2) is 0 Å². The van der Waals surface area contributed by atoms with Crippen LogP contribution in [0, 0.1) is 0 Å². The first-order valence-corrected chi connectivity index (χ1v) is 8.12. The van der Waals surface area contributed by atoms with Crippen LogP contribution in [-0.2, 0) is 9.47 Å². The molecule has 0 amide bonds. The zero-order chi connectivity index (χ0) is 16.6. The Labute approximate surface area is 137 Å². The number of carbonyl (C=O) groups excluding carboxylic acids is 2. The average molecular weight is 329 g/mol. The van der Waals surface area contributed by atoms with E-state index in [4.69, 9.17) is 9.47 Å². The highest BCUT2D eigenvalue weighted by Crippen LogP contribution is 2.37. The molecule has 0 saturated heterocycles. The molecule has 0 bridgehead atoms. The van der Waals surface area contributed by atoms with Gasteiger partial charge in [-0.05, 0) is 18.4 Å². The summed E-state index contributed by atoms with van der Waals surface area (Å²) >= 11 is 1.51. The number of carbonyl (C=O) groups is 2. The molecule has 0 fully saturated rings. The number of hydrogen-bond donors (Lipinski definition) is 1. The summed E-state index contributed by atoms with van der Waals surface area (Å²) in [6.07, 6.45) is 1.93. The highest BCUT2D eigenvalue weighted by molar-refractivity contribution is 7.98. The van der Waals surface area contributed by atoms with Gasteiger partial charge in [0.05, 0.1) is 30.9 Å². The summed E-state index contributed by atoms with van der Waals surface area (Å²) in [5, 5.41) is 1.90. The van der Waals surface area contributed by atoms with Crippen molar-refractivity contribution in [3.8, 4) is 0 Å². The van der Waals surface area contributed by atoms with Crippen molar-refractivity contribution >= 4 is 45.5 Å². The van der Waals surface area contributed by atoms with E-state index in [0.717, 1.165) is 21.2 Å². The Hall–Kier alpha value is -2.47. The molecule has 0 atom stereocenters. The molecule has 0 saturated carbocycles. The Morgan fingerprint density at radius 3 is 2.43 bits per heavy atom. The first kappa shape index (κ1) is 15.4. The molecule has 118 valence electrons. The minimum atomic E-state index is -0.574. The van der Waals surface area contributed by atoms with Crippen LogP contribution in [0.3, 0.4) is 0 Å². The van der Waals surface area contributed by atoms with Gasteiger partial charge in [0, 0.05) is 21.2 Å². The second kappa shape index (κ2) is 5.96. The lowest BCUT2D eigenvalue weighted by molar-refractivity contribution is 0.0556. The minimum absolute atomic E-state index is 0.197. The fourth-order valence-electron chi connectivity index (χ4n) is 2.74. The number of rotatable bonds is 3. The summed E-state index contributed by atoms with van der Waals surface area (Å²) in [5.41, 5.74) is 1.88. The van der Waals surface area contributed by atoms with Gasteiger partial charge in [-0.3, -0.25) is 0 Å². The lowest BCUT2D eigenvalue weighted by Gasteiger charge is -2.10. The van der Waals surface area contributed by atoms with Crippen LogP contribution in [0.1, 0.15) is 20.7 Å². The van der Waals surface area contributed by atoms with Crippen LogP contribution < -0.4 is 0 Å². The molecule has 23 heavy (non-hydrogen) atoms. The maximum Gasteiger partial charge on any atom is 0.340 e. The molecular formula is C17H15NO4S. The van der Waals surface area contributed by atoms with Gasteiger partial charge in [0.2, 0.25) is 0 Å². The molecule has 0 unspecified atom stereocenters. The summed E-state index contributed by atoms with van der Waals surface area (Å²) in [4.78, 5) is 28.5. The van der Waals surface area contributed by atoms with Crippen molar-refractivity contribution in [1.82, 2.24) is 4.98 Å². The van der Waals surface area contributed by atoms with Gasteiger partial charge in [0.1, 0.15) is 0 Å². The number of aromatic nitrogens is 1. The number of benzene rings is 2. The average Bonchev–Trinajstić information content (AvgIpc) is 2.98. The number of para-hydroxylation sites is 1. The third kappa shape index (κ3) is 2.35. The Kier molecular flexibility index (Phi) is 4.00. The zero-order valence-corrected chi connectivity index (χ0v) is 13.7. The van der Waals surface area contributed by atoms with E-state index in [1.807, 2.05) is 30.5 Å². The third-order valence-electron chi connectivity index (χ3n) is 3.76. The van der Waals surface area contributed by atoms with Crippen molar-refractivity contribution in [3.05, 3.63) is 41.5 Å². The first-order valence-electron chi connectivity index (χ1n) is 6.90. The maximum absolute atomic E-state index is 12.3. The summed E-state index contributed by atoms with van der Waals surface area (Å²) in [6, 6.07) is 9.44. The van der Waals surface area contributed by atoms with Crippen LogP contribution in [0.15, 0.2) is 35.2 Å². The van der Waals surface area contributed by atoms with E-state index in [0.29, 0.717) is 5.52 Å². The number of H-pyrrole nitrogens is 1. The molecule has 0 aliphatic carbocycles. The Morgan fingerprint density at radius 2 is 1.78 bits per heavy atom. The molecule has 0 radical (unpaired) electrons. The predicted octanol–water partition coefficient (Wildman–Crippen LogP) is 3.62. The smallest absolute Gasteiger partial charge is 0.340 e. The lowest BCUT2D eigenvalue weighted by Crippen LogP contribution is -2.13. The van der Waals surface area contributed by atoms with E-state index in [1.165, 1.54) is 26.0 Å². The van der Waals surface area contributed by atoms with Crippen LogP contribution in [0.25, 0.3) is 21.8 Å². The number of fused-ring (bicyclic) bond motifs is 3. The van der Waals surface area contributed by atoms with Crippen molar-refractivity contribution in [2.24, 2.45) is 0 Å². The SMILES string of the molecule is COC(=O)c1cc(SC)c2c([nH]c3ccccc32)c1C(=O)OC. The standard InChI is InChI=1S/C17H15NO4S/c1-21-16(19)10-8-12(23-3)13-9-6-4-5-7-11(9)18-15(13)14(10)17(20)22-2/h4-8,18H,1-3H3. The number of methoxy groups -OCH3 is 2. The van der Waals surface area contributed by atoms with Crippen molar-refractivity contribution < 1.29 is 19.1 Å². The van der Waals surface area contributed by atoms with Gasteiger partial charge in [0.25, 0.3) is 0 Å². The summed E-state index contributed by atoms with van der Waals surface area (Å²) in [5.74, 6) is -1.14. The minimum Gasteiger partial charge on any atom is -0.465 e. The quantitative estimate of drug-likeness (QED) is 0.587. The molecule has 1 heterocycles. The van der Waals surface area contributed by atoms with Gasteiger partial charge in [-0.25, -0.2) is 9.59 Å². The monoisotopic (exact) mass is 329 g/mol. The largest absolute Gasteiger partial charge is 0.465 e. The molecule has 0 spiro atoms. The van der Waals surface area contributed by atoms with Crippen LogP contribution in [0.4, 0.5) is 0 Å². The second-order valence-electron chi connectivity index (χ2n) is 4.91. The Bertz CT molecular complexity index is 929. The zero-order valence-electron chi connectivity index (χ0n) is 12.9. The number of nitrogens with one attached hydrogen (secondary N) is 1. The van der Waals surface area contributed by atoms with E-state index in [9.17, 15) is 9.59 Å². The van der Waals surface area contributed by atoms with Crippen molar-refractivity contribution in [2.75, 3.05) is 20.5 Å². The van der Waals surface area contributed by atoms with Crippen molar-refractivity contribution in [3.63, 3.8) is 0 Å². The van der Waals surface area contributed by atoms with Gasteiger partial charge in [-0.15, -0.1) is 11.8 Å². The molecule has 1 aromatic heterocycles. The molecule has 6 heteroatoms. The Morgan fingerprint density at radius 1 is 1.09 bits per heavy atom. The van der Waals surface area contributed by atoms with E-state index < -0.39 is 11.9 Å². The molecule has 3 aromatic rings. The predicted molar refractivity (Wildman–Crippen MR) is 90.3 cm³/mol. The van der Waals surface area contributed by atoms with Gasteiger partial charge >= 0.3 is 11.9 Å². The van der Waals surface area contributed by atoms with Crippen molar-refractivity contribution in [1.29, 1.82) is 0 Å². The molecule has 0 aliphatic rings. The lowest BCUT2D eigenvalue weighted by atomic mass is 10.0. The molecule has 0 aliphatic heterocycles. The van der Waals surface area contributed by atoms with E-state index in [1.54, 1.807) is 6.07 Å². The molecule has 2 aromatic carbocycles. The molecule has 1 N–H and O–H groups in total. The van der Waals surface area contributed by atoms with E-state index >= 15 is 0 Å². The fraction of sp³-hybridized carbons (Fsp3) is 0.176. The molecular weight excluding hydrogens is 314 g/mol. The van der Waals surface area contributed by atoms with Gasteiger partial charge < -0.3 is 14.5 Å². The third-order valence-corrected chi connectivity index (χ3v) is 4.52. The highest BCUT2D eigenvalue weighted by Gasteiger charge is 2.25. The first-order chi connectivity index (χ1) is 11.1. The number of aromatic amines is 1. The summed E-state index contributed by atoms with van der Waals surface area (Å²) in [6.45, 7) is 0. The maximum atomic E-state index is 12.3. The summed E-state index contributed by atoms with van der Waals surface area (Å²) in [7, 11) is 2.58. The topological polar surface area (TPSA) is 68.4 Å². The normalized spacial score (nSPS) is 10.9. The van der Waals surface area contributed by atoms with E-state index in [2.05, 4.69) is 4.98 Å². The number of ether oxygens (including phenoxy) is 2. The second-order valence-corrected chi connectivity index (χ2v) is 5.75. The highest BCUT2D eigenvalue weighted by atomic mass is 32.2. The fourth-order valence-corrected chi connectivity index (χ4v) is 3.39. The molecule has 3 rings (SSSR count). The van der Waals surface area contributed by atoms with Crippen molar-refractivity contribution in [2.45, 2.75) is 4.90 Å². The summed E-state index contributed by atoms with van der Waals surface area (Å²) < 4.78 is 9.70. The number of esters is 2. The molecule has 5 nitrogen and oxygen atoms in total. The number of hydrogen-bond acceptors (Lipinski definition) is 5. The van der Waals surface area contributed by atoms with Gasteiger partial charge in [-0.2, -0.15) is 0 Å². The van der Waals surface area contributed by atoms with Crippen LogP contribution in [0.2, 0.25) is 0 Å².